The van der Waals surface area contributed by atoms with E-state index in [1.807, 2.05) is 18.2 Å². The molecule has 4 heteroatoms. The number of fused-ring (bicyclic) bond motifs is 1. The second kappa shape index (κ2) is 8.24. The molecular weight excluding hydrogens is 382 g/mol. The van der Waals surface area contributed by atoms with Gasteiger partial charge in [-0.25, -0.2) is 0 Å². The predicted molar refractivity (Wildman–Crippen MR) is 88.9 cm³/mol. The van der Waals surface area contributed by atoms with E-state index < -0.39 is 23.4 Å². The summed E-state index contributed by atoms with van der Waals surface area (Å²) in [5, 5.41) is 4.03. The van der Waals surface area contributed by atoms with E-state index in [0.29, 0.717) is 0 Å². The third-order valence-electron chi connectivity index (χ3n) is 3.04. The molecule has 0 radical (unpaired) electrons. The number of halogens is 2. The van der Waals surface area contributed by atoms with Gasteiger partial charge in [0.1, 0.15) is 0 Å². The van der Waals surface area contributed by atoms with Crippen molar-refractivity contribution in [1.29, 1.82) is 0 Å². The summed E-state index contributed by atoms with van der Waals surface area (Å²) in [5.41, 5.74) is -0.557. The molecule has 0 aliphatic heterocycles. The molecule has 0 saturated heterocycles. The summed E-state index contributed by atoms with van der Waals surface area (Å²) >= 11 is -1.95. The molecule has 0 amide bonds. The van der Waals surface area contributed by atoms with E-state index in [1.165, 1.54) is 16.0 Å². The summed E-state index contributed by atoms with van der Waals surface area (Å²) in [6, 6.07) is 25.0. The number of benzene rings is 2. The predicted octanol–water partition coefficient (Wildman–Crippen LogP) is 5.00. The van der Waals surface area contributed by atoms with Crippen LogP contribution in [0, 0.1) is 0 Å². The maximum atomic E-state index is 5.97. The topological polar surface area (TPSA) is 0 Å². The minimum absolute atomic E-state index is 0.557. The van der Waals surface area contributed by atoms with Crippen LogP contribution < -0.4 is 5.19 Å². The normalized spacial score (nSPS) is 9.75. The van der Waals surface area contributed by atoms with Gasteiger partial charge in [0.25, 0.3) is 0 Å². The van der Waals surface area contributed by atoms with Crippen LogP contribution in [0.5, 0.6) is 0 Å². The first kappa shape index (κ1) is 16.1. The molecule has 0 aromatic heterocycles. The summed E-state index contributed by atoms with van der Waals surface area (Å²) in [5.74, 6) is 0. The van der Waals surface area contributed by atoms with Gasteiger partial charge in [0.15, 0.2) is 0 Å². The standard InChI is InChI=1S/C9H7.C7H8Si.2ClH.Zr/c1-2-5-9-7-3-6-8(9)4-1;1-8-7-5-3-2-4-6-7;;;/h1-7H;2-6H,1H3;2*1H;/q-1;;;;+2/p-2. The fourth-order valence-electron chi connectivity index (χ4n) is 1.87. The van der Waals surface area contributed by atoms with Crippen LogP contribution in [0.4, 0.5) is 0 Å². The van der Waals surface area contributed by atoms with Crippen LogP contribution in [0.3, 0.4) is 0 Å². The van der Waals surface area contributed by atoms with Gasteiger partial charge in [-0.3, -0.25) is 0 Å². The summed E-state index contributed by atoms with van der Waals surface area (Å²) in [4.78, 5) is 0. The molecule has 0 saturated carbocycles. The SMILES string of the molecule is C[Si](c1ccccc1)=[Zr]([Cl])[Cl].c1ccc2[cH-]ccc2c1. The Balaban J connectivity index is 0.000000149. The molecule has 0 N–H and O–H groups in total. The van der Waals surface area contributed by atoms with Crippen LogP contribution in [0.15, 0.2) is 72.8 Å². The van der Waals surface area contributed by atoms with Crippen LogP contribution in [-0.2, 0) is 18.0 Å². The number of hydrogen-bond acceptors (Lipinski definition) is 0. The molecule has 102 valence electrons. The second-order valence-corrected chi connectivity index (χ2v) is 25.4. The van der Waals surface area contributed by atoms with E-state index in [9.17, 15) is 0 Å². The van der Waals surface area contributed by atoms with Crippen molar-refractivity contribution in [3.05, 3.63) is 72.8 Å². The van der Waals surface area contributed by atoms with Crippen LogP contribution in [0.25, 0.3) is 10.8 Å². The van der Waals surface area contributed by atoms with Crippen molar-refractivity contribution >= 4 is 38.4 Å². The van der Waals surface area contributed by atoms with E-state index in [2.05, 4.69) is 61.1 Å². The van der Waals surface area contributed by atoms with E-state index >= 15 is 0 Å². The van der Waals surface area contributed by atoms with Crippen molar-refractivity contribution in [1.82, 2.24) is 0 Å². The third-order valence-corrected chi connectivity index (χ3v) is 21.2. The monoisotopic (exact) mass is 395 g/mol. The Hall–Kier alpha value is -0.270. The van der Waals surface area contributed by atoms with Crippen LogP contribution in [0.2, 0.25) is 6.55 Å². The summed E-state index contributed by atoms with van der Waals surface area (Å²) in [7, 11) is 11.9. The van der Waals surface area contributed by atoms with Crippen LogP contribution in [0.1, 0.15) is 0 Å². The van der Waals surface area contributed by atoms with Crippen molar-refractivity contribution in [3.63, 3.8) is 0 Å². The minimum Gasteiger partial charge on any atom is -0.168 e. The first-order valence-corrected chi connectivity index (χ1v) is 18.4. The second-order valence-electron chi connectivity index (χ2n) is 4.41. The molecule has 3 aromatic rings. The third kappa shape index (κ3) is 4.63. The summed E-state index contributed by atoms with van der Waals surface area (Å²) in [6.07, 6.45) is 0. The molecule has 0 bridgehead atoms. The minimum atomic E-state index is -1.95. The van der Waals surface area contributed by atoms with Gasteiger partial charge in [-0.1, -0.05) is 6.07 Å². The number of hydrogen-bond donors (Lipinski definition) is 0. The van der Waals surface area contributed by atoms with Gasteiger partial charge in [-0.15, -0.1) is 29.7 Å². The van der Waals surface area contributed by atoms with Crippen molar-refractivity contribution in [2.75, 3.05) is 0 Å². The summed E-state index contributed by atoms with van der Waals surface area (Å²) < 4.78 is 0. The molecule has 0 unspecified atom stereocenters. The van der Waals surface area contributed by atoms with Gasteiger partial charge < -0.3 is 0 Å². The fourth-order valence-corrected chi connectivity index (χ4v) is 9.49. The summed E-state index contributed by atoms with van der Waals surface area (Å²) in [6.45, 7) is 2.20. The Morgan fingerprint density at radius 1 is 0.900 bits per heavy atom. The van der Waals surface area contributed by atoms with Crippen molar-refractivity contribution < 1.29 is 18.0 Å². The maximum Gasteiger partial charge on any atom is -0.0809 e. The quantitative estimate of drug-likeness (QED) is 0.400. The average molecular weight is 398 g/mol. The van der Waals surface area contributed by atoms with Crippen molar-refractivity contribution in [2.24, 2.45) is 0 Å². The molecule has 0 aliphatic carbocycles. The zero-order chi connectivity index (χ0) is 14.4. The maximum absolute atomic E-state index is 5.97. The molecular formula is C16H15Cl2SiZr-. The molecule has 0 nitrogen and oxygen atoms in total. The Bertz CT molecular complexity index is 670. The molecule has 20 heavy (non-hydrogen) atoms. The van der Waals surface area contributed by atoms with Gasteiger partial charge in [-0.05, 0) is 0 Å². The van der Waals surface area contributed by atoms with Crippen LogP contribution >= 0.6 is 17.0 Å². The van der Waals surface area contributed by atoms with Crippen molar-refractivity contribution in [2.45, 2.75) is 6.55 Å². The van der Waals surface area contributed by atoms with E-state index in [4.69, 9.17) is 17.0 Å². The molecule has 0 aliphatic rings. The molecule has 0 atom stereocenters. The first-order valence-electron chi connectivity index (χ1n) is 6.36. The van der Waals surface area contributed by atoms with Gasteiger partial charge in [-0.2, -0.15) is 17.5 Å². The molecule has 0 heterocycles. The van der Waals surface area contributed by atoms with Crippen LogP contribution in [-0.4, -0.2) is 5.43 Å². The molecule has 0 fully saturated rings. The van der Waals surface area contributed by atoms with E-state index in [1.54, 1.807) is 0 Å². The largest absolute Gasteiger partial charge is 0.168 e. The Morgan fingerprint density at radius 2 is 1.55 bits per heavy atom. The molecule has 3 rings (SSSR count). The van der Waals surface area contributed by atoms with Crippen molar-refractivity contribution in [3.8, 4) is 0 Å². The Labute approximate surface area is 135 Å². The van der Waals surface area contributed by atoms with Gasteiger partial charge in [0.05, 0.1) is 0 Å². The van der Waals surface area contributed by atoms with E-state index in [0.717, 1.165) is 0 Å². The fraction of sp³-hybridized carbons (Fsp3) is 0.0625. The zero-order valence-electron chi connectivity index (χ0n) is 11.2. The average Bonchev–Trinajstić information content (AvgIpc) is 2.96. The number of rotatable bonds is 1. The zero-order valence-corrected chi connectivity index (χ0v) is 16.2. The van der Waals surface area contributed by atoms with Gasteiger partial charge in [0, 0.05) is 0 Å². The Kier molecular flexibility index (Phi) is 6.64. The van der Waals surface area contributed by atoms with Gasteiger partial charge >= 0.3 is 82.5 Å². The van der Waals surface area contributed by atoms with Gasteiger partial charge in [0.2, 0.25) is 0 Å². The first-order chi connectivity index (χ1) is 9.68. The van der Waals surface area contributed by atoms with E-state index in [-0.39, 0.29) is 0 Å². The smallest absolute Gasteiger partial charge is 0.0809 e. The molecule has 3 aromatic carbocycles. The Morgan fingerprint density at radius 3 is 2.20 bits per heavy atom. The molecule has 0 spiro atoms.